The van der Waals surface area contributed by atoms with Crippen molar-refractivity contribution in [2.24, 2.45) is 0 Å². The van der Waals surface area contributed by atoms with E-state index >= 15 is 0 Å². The Hall–Kier alpha value is -0.940. The van der Waals surface area contributed by atoms with Crippen LogP contribution >= 0.6 is 23.2 Å². The van der Waals surface area contributed by atoms with Crippen molar-refractivity contribution in [3.05, 3.63) is 27.5 Å². The molecular formula is C9H7Cl2F2NO2. The molecule has 0 saturated heterocycles. The molecular weight excluding hydrogens is 263 g/mol. The van der Waals surface area contributed by atoms with Crippen molar-refractivity contribution in [1.82, 2.24) is 4.98 Å². The first-order chi connectivity index (χ1) is 7.45. The Morgan fingerprint density at radius 1 is 1.50 bits per heavy atom. The van der Waals surface area contributed by atoms with E-state index < -0.39 is 18.1 Å². The van der Waals surface area contributed by atoms with Gasteiger partial charge in [0.1, 0.15) is 5.69 Å². The van der Waals surface area contributed by atoms with Crippen molar-refractivity contribution in [2.75, 3.05) is 7.11 Å². The normalized spacial score (nSPS) is 10.6. The van der Waals surface area contributed by atoms with Gasteiger partial charge in [-0.2, -0.15) is 0 Å². The molecule has 1 heterocycles. The van der Waals surface area contributed by atoms with Gasteiger partial charge in [0, 0.05) is 0 Å². The molecule has 0 spiro atoms. The summed E-state index contributed by atoms with van der Waals surface area (Å²) in [4.78, 5) is 14.5. The summed E-state index contributed by atoms with van der Waals surface area (Å²) in [7, 11) is 1.18. The number of nitrogens with zero attached hydrogens (tertiary/aromatic N) is 1. The molecule has 0 aliphatic rings. The number of alkyl halides is 2. The predicted octanol–water partition coefficient (Wildman–Crippen LogP) is 3.04. The predicted molar refractivity (Wildman–Crippen MR) is 54.9 cm³/mol. The minimum absolute atomic E-state index is 0.0215. The van der Waals surface area contributed by atoms with E-state index in [-0.39, 0.29) is 22.2 Å². The van der Waals surface area contributed by atoms with Gasteiger partial charge < -0.3 is 4.74 Å². The molecule has 7 heteroatoms. The largest absolute Gasteiger partial charge is 0.469 e. The highest BCUT2D eigenvalue weighted by molar-refractivity contribution is 6.35. The Balaban J connectivity index is 3.09. The van der Waals surface area contributed by atoms with Crippen LogP contribution in [0.25, 0.3) is 0 Å². The van der Waals surface area contributed by atoms with Crippen molar-refractivity contribution in [3.8, 4) is 0 Å². The van der Waals surface area contributed by atoms with Crippen molar-refractivity contribution in [1.29, 1.82) is 0 Å². The summed E-state index contributed by atoms with van der Waals surface area (Å²) in [6.07, 6.45) is -3.09. The number of aromatic nitrogens is 1. The van der Waals surface area contributed by atoms with Gasteiger partial charge in [-0.3, -0.25) is 4.79 Å². The Morgan fingerprint density at radius 3 is 2.62 bits per heavy atom. The maximum Gasteiger partial charge on any atom is 0.311 e. The molecule has 0 bridgehead atoms. The molecule has 1 aromatic rings. The van der Waals surface area contributed by atoms with Crippen LogP contribution in [-0.2, 0) is 16.0 Å². The summed E-state index contributed by atoms with van der Waals surface area (Å²) in [6, 6.07) is 1.13. The average Bonchev–Trinajstić information content (AvgIpc) is 2.21. The molecule has 0 aliphatic carbocycles. The highest BCUT2D eigenvalue weighted by Crippen LogP contribution is 2.29. The summed E-state index contributed by atoms with van der Waals surface area (Å²) in [5.74, 6) is -0.614. The van der Waals surface area contributed by atoms with Crippen LogP contribution in [-0.4, -0.2) is 18.1 Å². The standard InChI is InChI=1S/C9H7Cl2F2NO2/c1-16-7(15)3-6-4(10)2-5(11)8(14-6)9(12)13/h2,9H,3H2,1H3. The fourth-order valence-corrected chi connectivity index (χ4v) is 1.51. The second-order valence-corrected chi connectivity index (χ2v) is 3.65. The molecule has 0 saturated carbocycles. The third-order valence-electron chi connectivity index (χ3n) is 1.78. The van der Waals surface area contributed by atoms with Crippen LogP contribution in [0.3, 0.4) is 0 Å². The smallest absolute Gasteiger partial charge is 0.311 e. The first kappa shape index (κ1) is 13.1. The number of methoxy groups -OCH3 is 1. The summed E-state index contributed by atoms with van der Waals surface area (Å²) >= 11 is 11.2. The lowest BCUT2D eigenvalue weighted by atomic mass is 10.2. The van der Waals surface area contributed by atoms with Gasteiger partial charge in [-0.25, -0.2) is 13.8 Å². The molecule has 0 atom stereocenters. The van der Waals surface area contributed by atoms with Crippen LogP contribution in [0.15, 0.2) is 6.07 Å². The molecule has 0 unspecified atom stereocenters. The number of halogens is 4. The van der Waals surface area contributed by atoms with Crippen molar-refractivity contribution in [3.63, 3.8) is 0 Å². The minimum atomic E-state index is -2.82. The Kier molecular flexibility index (Phi) is 4.44. The molecule has 0 amide bonds. The van der Waals surface area contributed by atoms with Crippen LogP contribution in [0.1, 0.15) is 17.8 Å². The van der Waals surface area contributed by atoms with E-state index in [0.29, 0.717) is 0 Å². The molecule has 0 N–H and O–H groups in total. The molecule has 1 aromatic heterocycles. The number of hydrogen-bond acceptors (Lipinski definition) is 3. The topological polar surface area (TPSA) is 39.2 Å². The third kappa shape index (κ3) is 3.02. The molecule has 88 valence electrons. The van der Waals surface area contributed by atoms with E-state index in [0.717, 1.165) is 6.07 Å². The molecule has 0 aliphatic heterocycles. The molecule has 16 heavy (non-hydrogen) atoms. The van der Waals surface area contributed by atoms with Crippen LogP contribution in [0, 0.1) is 0 Å². The second-order valence-electron chi connectivity index (χ2n) is 2.84. The molecule has 0 fully saturated rings. The lowest BCUT2D eigenvalue weighted by molar-refractivity contribution is -0.139. The van der Waals surface area contributed by atoms with Crippen LogP contribution in [0.2, 0.25) is 10.0 Å². The summed E-state index contributed by atoms with van der Waals surface area (Å²) < 4.78 is 29.3. The molecule has 1 rings (SSSR count). The summed E-state index contributed by atoms with van der Waals surface area (Å²) in [6.45, 7) is 0. The number of hydrogen-bond donors (Lipinski definition) is 0. The molecule has 0 aromatic carbocycles. The maximum absolute atomic E-state index is 12.5. The first-order valence-electron chi connectivity index (χ1n) is 4.15. The Labute approximate surface area is 100 Å². The highest BCUT2D eigenvalue weighted by Gasteiger charge is 2.18. The van der Waals surface area contributed by atoms with Crippen LogP contribution < -0.4 is 0 Å². The van der Waals surface area contributed by atoms with E-state index in [2.05, 4.69) is 9.72 Å². The van der Waals surface area contributed by atoms with E-state index in [4.69, 9.17) is 23.2 Å². The Morgan fingerprint density at radius 2 is 2.12 bits per heavy atom. The zero-order chi connectivity index (χ0) is 12.3. The first-order valence-corrected chi connectivity index (χ1v) is 4.91. The van der Waals surface area contributed by atoms with Gasteiger partial charge >= 0.3 is 5.97 Å². The second kappa shape index (κ2) is 5.41. The number of carbonyl (C=O) groups is 1. The van der Waals surface area contributed by atoms with Gasteiger partial charge in [0.05, 0.1) is 29.3 Å². The average molecular weight is 270 g/mol. The van der Waals surface area contributed by atoms with Crippen molar-refractivity contribution >= 4 is 29.2 Å². The minimum Gasteiger partial charge on any atom is -0.469 e. The van der Waals surface area contributed by atoms with Crippen LogP contribution in [0.5, 0.6) is 0 Å². The number of ether oxygens (including phenoxy) is 1. The number of rotatable bonds is 3. The van der Waals surface area contributed by atoms with Gasteiger partial charge in [0.15, 0.2) is 0 Å². The zero-order valence-electron chi connectivity index (χ0n) is 8.14. The van der Waals surface area contributed by atoms with Gasteiger partial charge in [0.25, 0.3) is 6.43 Å². The fraction of sp³-hybridized carbons (Fsp3) is 0.333. The van der Waals surface area contributed by atoms with Gasteiger partial charge in [-0.05, 0) is 6.07 Å². The molecule has 3 nitrogen and oxygen atoms in total. The number of pyridine rings is 1. The molecule has 0 radical (unpaired) electrons. The monoisotopic (exact) mass is 269 g/mol. The third-order valence-corrected chi connectivity index (χ3v) is 2.41. The lowest BCUT2D eigenvalue weighted by Gasteiger charge is -2.07. The SMILES string of the molecule is COC(=O)Cc1nc(C(F)F)c(Cl)cc1Cl. The van der Waals surface area contributed by atoms with Crippen molar-refractivity contribution in [2.45, 2.75) is 12.8 Å². The number of carbonyl (C=O) groups excluding carboxylic acids is 1. The van der Waals surface area contributed by atoms with E-state index in [1.54, 1.807) is 0 Å². The van der Waals surface area contributed by atoms with Crippen molar-refractivity contribution < 1.29 is 18.3 Å². The van der Waals surface area contributed by atoms with Gasteiger partial charge in [0.2, 0.25) is 0 Å². The number of esters is 1. The summed E-state index contributed by atoms with van der Waals surface area (Å²) in [5, 5.41) is -0.173. The lowest BCUT2D eigenvalue weighted by Crippen LogP contribution is -2.08. The van der Waals surface area contributed by atoms with Gasteiger partial charge in [-0.15, -0.1) is 0 Å². The van der Waals surface area contributed by atoms with E-state index in [9.17, 15) is 13.6 Å². The Bertz CT molecular complexity index is 413. The van der Waals surface area contributed by atoms with Crippen LogP contribution in [0.4, 0.5) is 8.78 Å². The zero-order valence-corrected chi connectivity index (χ0v) is 9.65. The highest BCUT2D eigenvalue weighted by atomic mass is 35.5. The quantitative estimate of drug-likeness (QED) is 0.792. The fourth-order valence-electron chi connectivity index (χ4n) is 1.01. The van der Waals surface area contributed by atoms with Gasteiger partial charge in [-0.1, -0.05) is 23.2 Å². The van der Waals surface area contributed by atoms with E-state index in [1.807, 2.05) is 0 Å². The maximum atomic E-state index is 12.5. The summed E-state index contributed by atoms with van der Waals surface area (Å²) in [5.41, 5.74) is -0.571. The van der Waals surface area contributed by atoms with E-state index in [1.165, 1.54) is 7.11 Å².